The number of unbranched alkanes of at least 4 members (excludes halogenated alkanes) is 3. The minimum atomic E-state index is -0.551. The molecular formula is C29H28N2O4. The van der Waals surface area contributed by atoms with E-state index >= 15 is 0 Å². The van der Waals surface area contributed by atoms with Crippen LogP contribution in [0.15, 0.2) is 82.3 Å². The van der Waals surface area contributed by atoms with Gasteiger partial charge in [-0.15, -0.1) is 0 Å². The highest BCUT2D eigenvalue weighted by molar-refractivity contribution is 5.99. The summed E-state index contributed by atoms with van der Waals surface area (Å²) in [7, 11) is 0. The molecule has 0 fully saturated rings. The molecule has 1 atom stereocenters. The van der Waals surface area contributed by atoms with E-state index in [2.05, 4.69) is 11.9 Å². The number of hydrogen-bond donors (Lipinski definition) is 0. The van der Waals surface area contributed by atoms with Crippen LogP contribution in [-0.2, 0) is 6.54 Å². The van der Waals surface area contributed by atoms with Crippen molar-refractivity contribution in [2.24, 2.45) is 0 Å². The van der Waals surface area contributed by atoms with Crippen LogP contribution in [0.2, 0.25) is 0 Å². The molecule has 0 bridgehead atoms. The van der Waals surface area contributed by atoms with E-state index < -0.39 is 6.04 Å². The summed E-state index contributed by atoms with van der Waals surface area (Å²) in [5, 5.41) is 0.474. The third kappa shape index (κ3) is 4.56. The van der Waals surface area contributed by atoms with Gasteiger partial charge in [-0.2, -0.15) is 0 Å². The molecule has 0 N–H and O–H groups in total. The van der Waals surface area contributed by atoms with Crippen LogP contribution in [0.1, 0.15) is 65.9 Å². The molecule has 0 spiro atoms. The van der Waals surface area contributed by atoms with E-state index in [1.807, 2.05) is 36.4 Å². The number of ether oxygens (including phenoxy) is 1. The number of para-hydroxylation sites is 1. The molecule has 1 aliphatic rings. The number of carbonyl (C=O) groups excluding carboxylic acids is 1. The van der Waals surface area contributed by atoms with Gasteiger partial charge in [0, 0.05) is 18.9 Å². The zero-order chi connectivity index (χ0) is 24.2. The summed E-state index contributed by atoms with van der Waals surface area (Å²) >= 11 is 0. The fourth-order valence-corrected chi connectivity index (χ4v) is 4.63. The van der Waals surface area contributed by atoms with E-state index in [1.165, 1.54) is 12.8 Å². The first kappa shape index (κ1) is 22.8. The second kappa shape index (κ2) is 10.1. The minimum absolute atomic E-state index is 0.115. The molecule has 4 aromatic rings. The summed E-state index contributed by atoms with van der Waals surface area (Å²) < 4.78 is 11.9. The summed E-state index contributed by atoms with van der Waals surface area (Å²) in [5.41, 5.74) is 2.40. The second-order valence-corrected chi connectivity index (χ2v) is 8.84. The van der Waals surface area contributed by atoms with Crippen LogP contribution in [0.25, 0.3) is 11.0 Å². The maximum atomic E-state index is 13.6. The van der Waals surface area contributed by atoms with Gasteiger partial charge < -0.3 is 14.1 Å². The first-order chi connectivity index (χ1) is 17.2. The zero-order valence-electron chi connectivity index (χ0n) is 19.8. The normalized spacial score (nSPS) is 14.9. The fraction of sp³-hybridized carbons (Fsp3) is 0.276. The Balaban J connectivity index is 1.51. The molecular weight excluding hydrogens is 440 g/mol. The average molecular weight is 469 g/mol. The highest BCUT2D eigenvalue weighted by atomic mass is 16.5. The molecule has 0 radical (unpaired) electrons. The molecule has 6 nitrogen and oxygen atoms in total. The van der Waals surface area contributed by atoms with Crippen LogP contribution in [0.3, 0.4) is 0 Å². The van der Waals surface area contributed by atoms with Crippen molar-refractivity contribution in [3.05, 3.63) is 106 Å². The van der Waals surface area contributed by atoms with Gasteiger partial charge in [0.2, 0.25) is 5.76 Å². The summed E-state index contributed by atoms with van der Waals surface area (Å²) in [4.78, 5) is 32.9. The second-order valence-electron chi connectivity index (χ2n) is 8.84. The molecule has 5 rings (SSSR count). The van der Waals surface area contributed by atoms with Crippen LogP contribution in [0.4, 0.5) is 0 Å². The van der Waals surface area contributed by atoms with Crippen molar-refractivity contribution < 1.29 is 13.9 Å². The number of fused-ring (bicyclic) bond motifs is 2. The van der Waals surface area contributed by atoms with Gasteiger partial charge in [0.1, 0.15) is 11.3 Å². The number of rotatable bonds is 9. The van der Waals surface area contributed by atoms with Crippen molar-refractivity contribution in [2.45, 2.75) is 45.2 Å². The number of carbonyl (C=O) groups is 1. The van der Waals surface area contributed by atoms with Gasteiger partial charge in [0.15, 0.2) is 5.43 Å². The van der Waals surface area contributed by atoms with Crippen LogP contribution in [0, 0.1) is 0 Å². The summed E-state index contributed by atoms with van der Waals surface area (Å²) in [6, 6.07) is 17.9. The number of benzene rings is 2. The van der Waals surface area contributed by atoms with E-state index in [-0.39, 0.29) is 17.1 Å². The van der Waals surface area contributed by atoms with E-state index in [0.717, 1.165) is 29.7 Å². The lowest BCUT2D eigenvalue weighted by atomic mass is 9.98. The lowest BCUT2D eigenvalue weighted by Crippen LogP contribution is -2.29. The SMILES string of the molecule is CCCCCCOc1ccc(C2c3c(oc4ccccc4c3=O)C(=O)N2Cc2ccncc2)cc1. The third-order valence-electron chi connectivity index (χ3n) is 6.44. The van der Waals surface area contributed by atoms with Gasteiger partial charge in [-0.25, -0.2) is 0 Å². The monoisotopic (exact) mass is 468 g/mol. The Morgan fingerprint density at radius 1 is 0.943 bits per heavy atom. The average Bonchev–Trinajstić information content (AvgIpc) is 3.16. The molecule has 1 aliphatic heterocycles. The van der Waals surface area contributed by atoms with Gasteiger partial charge in [0.25, 0.3) is 5.91 Å². The van der Waals surface area contributed by atoms with Gasteiger partial charge >= 0.3 is 0 Å². The molecule has 1 amide bonds. The van der Waals surface area contributed by atoms with Gasteiger partial charge in [-0.1, -0.05) is 50.5 Å². The van der Waals surface area contributed by atoms with Crippen molar-refractivity contribution in [2.75, 3.05) is 6.61 Å². The minimum Gasteiger partial charge on any atom is -0.494 e. The molecule has 1 unspecified atom stereocenters. The predicted octanol–water partition coefficient (Wildman–Crippen LogP) is 5.89. The number of nitrogens with zero attached hydrogens (tertiary/aromatic N) is 2. The topological polar surface area (TPSA) is 72.6 Å². The molecule has 3 heterocycles. The van der Waals surface area contributed by atoms with Gasteiger partial charge in [0.05, 0.1) is 23.6 Å². The maximum absolute atomic E-state index is 13.6. The number of hydrogen-bond acceptors (Lipinski definition) is 5. The van der Waals surface area contributed by atoms with Crippen LogP contribution in [-0.4, -0.2) is 22.4 Å². The lowest BCUT2D eigenvalue weighted by Gasteiger charge is -2.25. The van der Waals surface area contributed by atoms with Crippen LogP contribution >= 0.6 is 0 Å². The Morgan fingerprint density at radius 2 is 1.71 bits per heavy atom. The summed E-state index contributed by atoms with van der Waals surface area (Å²) in [6.45, 7) is 3.20. The molecule has 0 saturated carbocycles. The summed E-state index contributed by atoms with van der Waals surface area (Å²) in [6.07, 6.45) is 7.97. The smallest absolute Gasteiger partial charge is 0.291 e. The Morgan fingerprint density at radius 3 is 2.49 bits per heavy atom. The highest BCUT2D eigenvalue weighted by Crippen LogP contribution is 2.39. The van der Waals surface area contributed by atoms with Crippen molar-refractivity contribution in [1.82, 2.24) is 9.88 Å². The fourth-order valence-electron chi connectivity index (χ4n) is 4.63. The molecule has 0 aliphatic carbocycles. The standard InChI is InChI=1S/C29H28N2O4/c1-2-3-4-7-18-34-22-12-10-21(11-13-22)26-25-27(32)23-8-5-6-9-24(23)35-28(25)29(33)31(26)19-20-14-16-30-17-15-20/h5-6,8-17,26H,2-4,7,18-19H2,1H3. The van der Waals surface area contributed by atoms with Crippen molar-refractivity contribution in [1.29, 1.82) is 0 Å². The van der Waals surface area contributed by atoms with E-state index in [0.29, 0.717) is 29.7 Å². The molecule has 2 aromatic carbocycles. The largest absolute Gasteiger partial charge is 0.494 e. The van der Waals surface area contributed by atoms with E-state index in [9.17, 15) is 9.59 Å². The highest BCUT2D eigenvalue weighted by Gasteiger charge is 2.42. The molecule has 2 aromatic heterocycles. The first-order valence-corrected chi connectivity index (χ1v) is 12.2. The van der Waals surface area contributed by atoms with Crippen molar-refractivity contribution in [3.8, 4) is 5.75 Å². The Hall–Kier alpha value is -3.93. The Labute approximate surface area is 204 Å². The van der Waals surface area contributed by atoms with Gasteiger partial charge in [-0.3, -0.25) is 14.6 Å². The van der Waals surface area contributed by atoms with E-state index in [1.54, 1.807) is 41.6 Å². The lowest BCUT2D eigenvalue weighted by molar-refractivity contribution is 0.0714. The van der Waals surface area contributed by atoms with Crippen molar-refractivity contribution in [3.63, 3.8) is 0 Å². The zero-order valence-corrected chi connectivity index (χ0v) is 19.8. The van der Waals surface area contributed by atoms with Crippen LogP contribution in [0.5, 0.6) is 5.75 Å². The Bertz CT molecular complexity index is 1380. The first-order valence-electron chi connectivity index (χ1n) is 12.2. The molecule has 6 heteroatoms. The van der Waals surface area contributed by atoms with Gasteiger partial charge in [-0.05, 0) is 53.9 Å². The summed E-state index contributed by atoms with van der Waals surface area (Å²) in [5.74, 6) is 0.603. The number of amides is 1. The maximum Gasteiger partial charge on any atom is 0.291 e. The van der Waals surface area contributed by atoms with Crippen molar-refractivity contribution >= 4 is 16.9 Å². The van der Waals surface area contributed by atoms with Crippen LogP contribution < -0.4 is 10.2 Å². The predicted molar refractivity (Wildman–Crippen MR) is 135 cm³/mol. The molecule has 35 heavy (non-hydrogen) atoms. The number of aromatic nitrogens is 1. The molecule has 178 valence electrons. The molecule has 0 saturated heterocycles. The Kier molecular flexibility index (Phi) is 6.62. The number of pyridine rings is 1. The van der Waals surface area contributed by atoms with E-state index in [4.69, 9.17) is 9.15 Å². The third-order valence-corrected chi connectivity index (χ3v) is 6.44. The quantitative estimate of drug-likeness (QED) is 0.286.